The summed E-state index contributed by atoms with van der Waals surface area (Å²) in [5, 5.41) is 0. The fourth-order valence-electron chi connectivity index (χ4n) is 2.37. The number of rotatable bonds is 0. The molecule has 0 aromatic carbocycles. The molecule has 2 rings (SSSR count). The van der Waals surface area contributed by atoms with Crippen LogP contribution in [0.25, 0.3) is 0 Å². The van der Waals surface area contributed by atoms with E-state index in [1.165, 1.54) is 7.85 Å². The van der Waals surface area contributed by atoms with Gasteiger partial charge in [0.05, 0.1) is 12.1 Å². The van der Waals surface area contributed by atoms with E-state index in [1.807, 2.05) is 11.9 Å². The van der Waals surface area contributed by atoms with Gasteiger partial charge in [-0.05, 0) is 13.5 Å². The van der Waals surface area contributed by atoms with Crippen LogP contribution in [0.5, 0.6) is 0 Å². The smallest absolute Gasteiger partial charge is 0.304 e. The predicted octanol–water partition coefficient (Wildman–Crippen LogP) is -1.61. The van der Waals surface area contributed by atoms with Crippen molar-refractivity contribution >= 4 is 24.0 Å². The Kier molecular flexibility index (Phi) is 2.32. The molecule has 15 heavy (non-hydrogen) atoms. The van der Waals surface area contributed by atoms with E-state index in [9.17, 15) is 13.2 Å². The van der Waals surface area contributed by atoms with E-state index < -0.39 is 21.6 Å². The van der Waals surface area contributed by atoms with Gasteiger partial charge in [0, 0.05) is 13.1 Å². The van der Waals surface area contributed by atoms with Crippen molar-refractivity contribution in [3.8, 4) is 0 Å². The Morgan fingerprint density at radius 1 is 1.53 bits per heavy atom. The molecule has 0 bridgehead atoms. The van der Waals surface area contributed by atoms with Crippen LogP contribution in [0.3, 0.4) is 0 Å². The number of hydrogen-bond donors (Lipinski definition) is 0. The van der Waals surface area contributed by atoms with E-state index in [2.05, 4.69) is 0 Å². The van der Waals surface area contributed by atoms with Crippen molar-refractivity contribution in [3.05, 3.63) is 0 Å². The first-order valence-corrected chi connectivity index (χ1v) is 6.13. The maximum Gasteiger partial charge on any atom is 0.364 e. The molecule has 0 N–H and O–H groups in total. The highest BCUT2D eigenvalue weighted by atomic mass is 32.2. The van der Waals surface area contributed by atoms with Gasteiger partial charge in [0.25, 0.3) is 0 Å². The van der Waals surface area contributed by atoms with Crippen molar-refractivity contribution in [2.24, 2.45) is 0 Å². The maximum atomic E-state index is 11.5. The van der Waals surface area contributed by atoms with Gasteiger partial charge in [-0.15, -0.1) is 0 Å². The molecule has 0 aromatic heterocycles. The van der Waals surface area contributed by atoms with E-state index in [0.29, 0.717) is 13.0 Å². The van der Waals surface area contributed by atoms with Crippen molar-refractivity contribution in [1.29, 1.82) is 0 Å². The van der Waals surface area contributed by atoms with Gasteiger partial charge in [0.1, 0.15) is 0 Å². The summed E-state index contributed by atoms with van der Waals surface area (Å²) in [6.45, 7) is 1.41. The quantitative estimate of drug-likeness (QED) is 0.470. The van der Waals surface area contributed by atoms with Crippen LogP contribution in [0.2, 0.25) is 0 Å². The molecule has 8 heteroatoms. The Bertz CT molecular complexity index is 398. The van der Waals surface area contributed by atoms with E-state index in [4.69, 9.17) is 4.18 Å². The first kappa shape index (κ1) is 10.9. The molecule has 0 radical (unpaired) electrons. The first-order chi connectivity index (χ1) is 6.87. The molecule has 0 aromatic rings. The van der Waals surface area contributed by atoms with Crippen LogP contribution in [0, 0.1) is 0 Å². The summed E-state index contributed by atoms with van der Waals surface area (Å²) in [5.74, 6) is -0.470. The zero-order valence-corrected chi connectivity index (χ0v) is 9.58. The minimum atomic E-state index is -3.84. The van der Waals surface area contributed by atoms with Gasteiger partial charge < -0.3 is 4.90 Å². The van der Waals surface area contributed by atoms with Gasteiger partial charge in [-0.2, -0.15) is 8.42 Å². The number of likely N-dealkylation sites (N-methyl/N-ethyl adjacent to an activating group) is 1. The molecular weight excluding hydrogens is 219 g/mol. The van der Waals surface area contributed by atoms with E-state index >= 15 is 0 Å². The molecule has 0 unspecified atom stereocenters. The third-order valence-electron chi connectivity index (χ3n) is 2.94. The molecule has 0 saturated carbocycles. The number of amides is 1. The fourth-order valence-corrected chi connectivity index (χ4v) is 3.83. The Labute approximate surface area is 89.8 Å². The van der Waals surface area contributed by atoms with Gasteiger partial charge in [-0.1, -0.05) is 0 Å². The molecule has 1 spiro atoms. The zero-order chi connectivity index (χ0) is 11.3. The lowest BCUT2D eigenvalue weighted by molar-refractivity contribution is 0.191. The molecule has 1 amide bonds. The number of hydrogen-bond acceptors (Lipinski definition) is 5. The van der Waals surface area contributed by atoms with Gasteiger partial charge in [0.15, 0.2) is 5.81 Å². The number of likely N-dealkylation sites (tertiary alicyclic amines) is 1. The summed E-state index contributed by atoms with van der Waals surface area (Å²) in [5.41, 5.74) is -0.667. The zero-order valence-electron chi connectivity index (χ0n) is 8.76. The molecule has 2 heterocycles. The predicted molar refractivity (Wildman–Crippen MR) is 55.5 cm³/mol. The number of carbonyl (C=O) groups excluding carboxylic acids is 1. The Hall–Kier alpha value is -0.595. The Morgan fingerprint density at radius 2 is 2.20 bits per heavy atom. The van der Waals surface area contributed by atoms with Gasteiger partial charge in [-0.3, -0.25) is 8.98 Å². The average Bonchev–Trinajstić information content (AvgIpc) is 2.55. The molecule has 1 atom stereocenters. The van der Waals surface area contributed by atoms with Gasteiger partial charge in [0.2, 0.25) is 7.85 Å². The van der Waals surface area contributed by atoms with Gasteiger partial charge >= 0.3 is 10.3 Å². The van der Waals surface area contributed by atoms with Crippen LogP contribution in [0.4, 0.5) is 4.79 Å². The van der Waals surface area contributed by atoms with E-state index in [0.717, 1.165) is 10.8 Å². The lowest BCUT2D eigenvalue weighted by atomic mass is 9.97. The number of carbonyl (C=O) groups is 1. The van der Waals surface area contributed by atoms with Crippen molar-refractivity contribution in [2.75, 3.05) is 26.7 Å². The van der Waals surface area contributed by atoms with Crippen LogP contribution in [0.1, 0.15) is 6.42 Å². The fraction of sp³-hybridized carbons (Fsp3) is 0.857. The minimum absolute atomic E-state index is 0.0826. The molecule has 0 aliphatic carbocycles. The van der Waals surface area contributed by atoms with Crippen LogP contribution >= 0.6 is 0 Å². The van der Waals surface area contributed by atoms with E-state index in [1.54, 1.807) is 0 Å². The molecular formula is C7H13BN2O4S. The standard InChI is InChI=1S/C7H13BN2O4S/c1-9-3-2-7(4-9)5-14-15(12,13)10(7)6(8)11/h2-5,8H2,1H3/t7-/m1/s1. The summed E-state index contributed by atoms with van der Waals surface area (Å²) < 4.78 is 28.7. The van der Waals surface area contributed by atoms with Crippen LogP contribution in [0.15, 0.2) is 0 Å². The van der Waals surface area contributed by atoms with E-state index in [-0.39, 0.29) is 6.61 Å². The number of nitrogens with zero attached hydrogens (tertiary/aromatic N) is 2. The Morgan fingerprint density at radius 3 is 2.67 bits per heavy atom. The molecule has 6 nitrogen and oxygen atoms in total. The second kappa shape index (κ2) is 3.20. The molecule has 84 valence electrons. The summed E-state index contributed by atoms with van der Waals surface area (Å²) in [7, 11) is -0.687. The van der Waals surface area contributed by atoms with Crippen molar-refractivity contribution in [3.63, 3.8) is 0 Å². The summed E-state index contributed by atoms with van der Waals surface area (Å²) >= 11 is 0. The van der Waals surface area contributed by atoms with Gasteiger partial charge in [-0.25, -0.2) is 4.31 Å². The topological polar surface area (TPSA) is 66.9 Å². The highest BCUT2D eigenvalue weighted by Crippen LogP contribution is 2.36. The third kappa shape index (κ3) is 1.56. The third-order valence-corrected chi connectivity index (χ3v) is 4.45. The minimum Gasteiger partial charge on any atom is -0.304 e. The van der Waals surface area contributed by atoms with Crippen LogP contribution in [-0.2, 0) is 14.5 Å². The second-order valence-electron chi connectivity index (χ2n) is 4.22. The lowest BCUT2D eigenvalue weighted by Gasteiger charge is -2.29. The normalized spacial score (nSPS) is 35.1. The summed E-state index contributed by atoms with van der Waals surface area (Å²) in [6, 6.07) is 0. The summed E-state index contributed by atoms with van der Waals surface area (Å²) in [6.07, 6.45) is 0.641. The van der Waals surface area contributed by atoms with Crippen molar-refractivity contribution in [2.45, 2.75) is 12.0 Å². The van der Waals surface area contributed by atoms with Crippen molar-refractivity contribution in [1.82, 2.24) is 9.21 Å². The highest BCUT2D eigenvalue weighted by Gasteiger charge is 2.55. The average molecular weight is 232 g/mol. The molecule has 2 fully saturated rings. The lowest BCUT2D eigenvalue weighted by Crippen LogP contribution is -2.51. The summed E-state index contributed by atoms with van der Waals surface area (Å²) in [4.78, 5) is 13.4. The Balaban J connectivity index is 2.39. The maximum absolute atomic E-state index is 11.5. The van der Waals surface area contributed by atoms with Crippen LogP contribution in [-0.4, -0.2) is 63.6 Å². The highest BCUT2D eigenvalue weighted by molar-refractivity contribution is 7.85. The largest absolute Gasteiger partial charge is 0.364 e. The molecule has 2 aliphatic rings. The first-order valence-electron chi connectivity index (χ1n) is 4.76. The second-order valence-corrected chi connectivity index (χ2v) is 5.67. The molecule has 2 aliphatic heterocycles. The monoisotopic (exact) mass is 232 g/mol. The van der Waals surface area contributed by atoms with Crippen molar-refractivity contribution < 1.29 is 17.4 Å². The van der Waals surface area contributed by atoms with Crippen LogP contribution < -0.4 is 0 Å². The molecule has 2 saturated heterocycles. The SMILES string of the molecule is BC(=O)N1[C@@]2(CCN(C)C2)COS1(=O)=O.